The van der Waals surface area contributed by atoms with E-state index >= 15 is 0 Å². The van der Waals surface area contributed by atoms with Crippen molar-refractivity contribution in [3.8, 4) is 0 Å². The second-order valence-electron chi connectivity index (χ2n) is 5.71. The summed E-state index contributed by atoms with van der Waals surface area (Å²) >= 11 is 0. The first kappa shape index (κ1) is 13.8. The topological polar surface area (TPSA) is 17.1 Å². The van der Waals surface area contributed by atoms with Gasteiger partial charge in [0.25, 0.3) is 0 Å². The van der Waals surface area contributed by atoms with Crippen LogP contribution in [0.1, 0.15) is 30.9 Å². The fourth-order valence-corrected chi connectivity index (χ4v) is 3.56. The maximum atomic E-state index is 11.9. The number of hydrogen-bond acceptors (Lipinski definition) is 1. The van der Waals surface area contributed by atoms with Gasteiger partial charge in [0.05, 0.1) is 0 Å². The summed E-state index contributed by atoms with van der Waals surface area (Å²) in [6, 6.07) is 21.1. The van der Waals surface area contributed by atoms with Gasteiger partial charge in [-0.25, -0.2) is 0 Å². The molecule has 1 aliphatic rings. The van der Waals surface area contributed by atoms with Gasteiger partial charge in [-0.15, -0.1) is 0 Å². The third kappa shape index (κ3) is 2.33. The summed E-state index contributed by atoms with van der Waals surface area (Å²) in [6.45, 7) is 2.18. The molecule has 1 aliphatic carbocycles. The molecule has 1 atom stereocenters. The molecule has 0 radical (unpaired) electrons. The minimum Gasteiger partial charge on any atom is -0.295 e. The first-order valence-corrected chi connectivity index (χ1v) is 7.60. The molecule has 0 amide bonds. The van der Waals surface area contributed by atoms with Gasteiger partial charge in [0, 0.05) is 11.8 Å². The molecule has 0 aliphatic heterocycles. The Labute approximate surface area is 126 Å². The molecular weight excluding hydrogens is 256 g/mol. The van der Waals surface area contributed by atoms with E-state index in [4.69, 9.17) is 0 Å². The summed E-state index contributed by atoms with van der Waals surface area (Å²) in [4.78, 5) is 11.9. The molecule has 3 rings (SSSR count). The first-order valence-electron chi connectivity index (χ1n) is 7.60. The van der Waals surface area contributed by atoms with E-state index in [9.17, 15) is 4.79 Å². The van der Waals surface area contributed by atoms with Crippen LogP contribution < -0.4 is 0 Å². The maximum absolute atomic E-state index is 11.9. The summed E-state index contributed by atoms with van der Waals surface area (Å²) in [5.74, 6) is 0.545. The Kier molecular flexibility index (Phi) is 3.74. The molecule has 0 fully saturated rings. The molecule has 2 aromatic rings. The fourth-order valence-electron chi connectivity index (χ4n) is 3.56. The highest BCUT2D eigenvalue weighted by Crippen LogP contribution is 2.45. The lowest BCUT2D eigenvalue weighted by molar-refractivity contribution is -0.116. The minimum absolute atomic E-state index is 0.189. The Morgan fingerprint density at radius 3 is 1.95 bits per heavy atom. The summed E-state index contributed by atoms with van der Waals surface area (Å²) in [7, 11) is 0. The predicted molar refractivity (Wildman–Crippen MR) is 86.2 cm³/mol. The number of carbonyl (C=O) groups is 1. The normalized spacial score (nSPS) is 20.4. The van der Waals surface area contributed by atoms with Crippen LogP contribution in [0.25, 0.3) is 0 Å². The summed E-state index contributed by atoms with van der Waals surface area (Å²) in [5, 5.41) is 0. The van der Waals surface area contributed by atoms with Crippen molar-refractivity contribution >= 4 is 5.78 Å². The van der Waals surface area contributed by atoms with Crippen LogP contribution >= 0.6 is 0 Å². The van der Waals surface area contributed by atoms with Gasteiger partial charge in [-0.05, 0) is 23.1 Å². The SMILES string of the molecule is CC[C@H]1CC(=O)C=CC1(c1ccccc1)c1ccccc1. The van der Waals surface area contributed by atoms with Crippen molar-refractivity contribution in [2.24, 2.45) is 5.92 Å². The highest BCUT2D eigenvalue weighted by Gasteiger charge is 2.41. The number of allylic oxidation sites excluding steroid dienone is 2. The number of ketones is 1. The monoisotopic (exact) mass is 276 g/mol. The van der Waals surface area contributed by atoms with Crippen molar-refractivity contribution < 1.29 is 4.79 Å². The van der Waals surface area contributed by atoms with Crippen LogP contribution in [0.2, 0.25) is 0 Å². The summed E-state index contributed by atoms with van der Waals surface area (Å²) < 4.78 is 0. The van der Waals surface area contributed by atoms with Crippen LogP contribution in [0, 0.1) is 5.92 Å². The molecule has 0 spiro atoms. The Hall–Kier alpha value is -2.15. The van der Waals surface area contributed by atoms with E-state index in [0.717, 1.165) is 6.42 Å². The predicted octanol–water partition coefficient (Wildman–Crippen LogP) is 4.53. The van der Waals surface area contributed by atoms with E-state index < -0.39 is 0 Å². The number of rotatable bonds is 3. The molecule has 21 heavy (non-hydrogen) atoms. The van der Waals surface area contributed by atoms with Crippen LogP contribution in [0.4, 0.5) is 0 Å². The largest absolute Gasteiger partial charge is 0.295 e. The van der Waals surface area contributed by atoms with Gasteiger partial charge in [-0.2, -0.15) is 0 Å². The zero-order chi connectivity index (χ0) is 14.7. The maximum Gasteiger partial charge on any atom is 0.155 e. The highest BCUT2D eigenvalue weighted by atomic mass is 16.1. The number of hydrogen-bond donors (Lipinski definition) is 0. The lowest BCUT2D eigenvalue weighted by Gasteiger charge is -2.41. The van der Waals surface area contributed by atoms with Crippen LogP contribution in [-0.2, 0) is 10.2 Å². The molecule has 0 heterocycles. The molecule has 106 valence electrons. The van der Waals surface area contributed by atoms with Gasteiger partial charge >= 0.3 is 0 Å². The molecular formula is C20H20O. The molecule has 0 saturated carbocycles. The lowest BCUT2D eigenvalue weighted by Crippen LogP contribution is -2.38. The molecule has 0 bridgehead atoms. The summed E-state index contributed by atoms with van der Waals surface area (Å²) in [6.07, 6.45) is 5.50. The van der Waals surface area contributed by atoms with Gasteiger partial charge in [0.15, 0.2) is 5.78 Å². The van der Waals surface area contributed by atoms with Gasteiger partial charge in [0.1, 0.15) is 0 Å². The van der Waals surface area contributed by atoms with Crippen LogP contribution in [0.5, 0.6) is 0 Å². The lowest BCUT2D eigenvalue weighted by atomic mass is 9.61. The van der Waals surface area contributed by atoms with E-state index in [1.165, 1.54) is 11.1 Å². The quantitative estimate of drug-likeness (QED) is 0.805. The van der Waals surface area contributed by atoms with Gasteiger partial charge < -0.3 is 0 Å². The van der Waals surface area contributed by atoms with Crippen LogP contribution in [0.15, 0.2) is 72.8 Å². The van der Waals surface area contributed by atoms with Crippen molar-refractivity contribution in [3.63, 3.8) is 0 Å². The third-order valence-corrected chi connectivity index (χ3v) is 4.62. The van der Waals surface area contributed by atoms with Crippen molar-refractivity contribution in [1.82, 2.24) is 0 Å². The van der Waals surface area contributed by atoms with Gasteiger partial charge in [-0.1, -0.05) is 80.1 Å². The fraction of sp³-hybridized carbons (Fsp3) is 0.250. The molecule has 1 heteroatoms. The van der Waals surface area contributed by atoms with Crippen molar-refractivity contribution in [2.45, 2.75) is 25.2 Å². The highest BCUT2D eigenvalue weighted by molar-refractivity contribution is 5.91. The Balaban J connectivity index is 2.25. The van der Waals surface area contributed by atoms with E-state index in [0.29, 0.717) is 12.3 Å². The number of benzene rings is 2. The molecule has 0 saturated heterocycles. The Bertz CT molecular complexity index is 601. The zero-order valence-electron chi connectivity index (χ0n) is 12.3. The molecule has 1 nitrogen and oxygen atoms in total. The van der Waals surface area contributed by atoms with Gasteiger partial charge in [0.2, 0.25) is 0 Å². The van der Waals surface area contributed by atoms with Crippen molar-refractivity contribution in [2.75, 3.05) is 0 Å². The Morgan fingerprint density at radius 2 is 1.48 bits per heavy atom. The van der Waals surface area contributed by atoms with Crippen molar-refractivity contribution in [1.29, 1.82) is 0 Å². The second-order valence-corrected chi connectivity index (χ2v) is 5.71. The van der Waals surface area contributed by atoms with Crippen molar-refractivity contribution in [3.05, 3.63) is 83.9 Å². The van der Waals surface area contributed by atoms with E-state index in [1.54, 1.807) is 6.08 Å². The average molecular weight is 276 g/mol. The van der Waals surface area contributed by atoms with E-state index in [1.807, 2.05) is 12.1 Å². The second kappa shape index (κ2) is 5.69. The standard InChI is InChI=1S/C20H20O/c1-2-16-15-19(21)13-14-20(16,17-9-5-3-6-10-17)18-11-7-4-8-12-18/h3-14,16H,2,15H2,1H3/t16-/m0/s1. The molecule has 2 aromatic carbocycles. The zero-order valence-corrected chi connectivity index (χ0v) is 12.3. The van der Waals surface area contributed by atoms with Crippen LogP contribution in [0.3, 0.4) is 0 Å². The van der Waals surface area contributed by atoms with E-state index in [2.05, 4.69) is 61.5 Å². The molecule has 0 N–H and O–H groups in total. The molecule has 0 unspecified atom stereocenters. The average Bonchev–Trinajstić information content (AvgIpc) is 2.56. The van der Waals surface area contributed by atoms with Gasteiger partial charge in [-0.3, -0.25) is 4.79 Å². The van der Waals surface area contributed by atoms with E-state index in [-0.39, 0.29) is 11.2 Å². The third-order valence-electron chi connectivity index (χ3n) is 4.62. The minimum atomic E-state index is -0.189. The first-order chi connectivity index (χ1) is 10.3. The number of carbonyl (C=O) groups excluding carboxylic acids is 1. The Morgan fingerprint density at radius 1 is 0.952 bits per heavy atom. The molecule has 0 aromatic heterocycles. The smallest absolute Gasteiger partial charge is 0.155 e. The van der Waals surface area contributed by atoms with Crippen LogP contribution in [-0.4, -0.2) is 5.78 Å². The summed E-state index contributed by atoms with van der Waals surface area (Å²) in [5.41, 5.74) is 2.35.